The minimum absolute atomic E-state index is 0.119. The number of pyridine rings is 1. The SMILES string of the molecule is CC1(C)C=C(n2cc(CBr)ccc2=O)c2cc(C#N)ccc2O1. The van der Waals surface area contributed by atoms with Crippen molar-refractivity contribution in [3.63, 3.8) is 0 Å². The van der Waals surface area contributed by atoms with Crippen molar-refractivity contribution in [2.45, 2.75) is 24.8 Å². The van der Waals surface area contributed by atoms with Crippen molar-refractivity contribution < 1.29 is 4.74 Å². The van der Waals surface area contributed by atoms with E-state index < -0.39 is 5.60 Å². The lowest BCUT2D eigenvalue weighted by Gasteiger charge is -2.31. The first kappa shape index (κ1) is 15.6. The van der Waals surface area contributed by atoms with Crippen LogP contribution in [0.25, 0.3) is 5.70 Å². The lowest BCUT2D eigenvalue weighted by molar-refractivity contribution is 0.157. The Balaban J connectivity index is 2.28. The third-order valence-corrected chi connectivity index (χ3v) is 4.28. The second-order valence-electron chi connectivity index (χ2n) is 5.94. The fourth-order valence-corrected chi connectivity index (χ4v) is 2.94. The van der Waals surface area contributed by atoms with Crippen LogP contribution in [0.4, 0.5) is 0 Å². The molecule has 0 unspecified atom stereocenters. The van der Waals surface area contributed by atoms with Crippen LogP contribution in [0.5, 0.6) is 5.75 Å². The molecule has 2 heterocycles. The molecule has 1 aliphatic rings. The first-order valence-electron chi connectivity index (χ1n) is 7.18. The van der Waals surface area contributed by atoms with E-state index in [9.17, 15) is 4.79 Å². The topological polar surface area (TPSA) is 55.0 Å². The van der Waals surface area contributed by atoms with Crippen molar-refractivity contribution in [2.24, 2.45) is 0 Å². The summed E-state index contributed by atoms with van der Waals surface area (Å²) >= 11 is 3.41. The summed E-state index contributed by atoms with van der Waals surface area (Å²) in [7, 11) is 0. The summed E-state index contributed by atoms with van der Waals surface area (Å²) in [5.41, 5.74) is 2.35. The normalized spacial score (nSPS) is 15.1. The van der Waals surface area contributed by atoms with Crippen LogP contribution in [0.3, 0.4) is 0 Å². The quantitative estimate of drug-likeness (QED) is 0.757. The highest BCUT2D eigenvalue weighted by Gasteiger charge is 2.28. The maximum Gasteiger partial charge on any atom is 0.255 e. The van der Waals surface area contributed by atoms with Gasteiger partial charge in [-0.25, -0.2) is 0 Å². The van der Waals surface area contributed by atoms with Crippen molar-refractivity contribution in [1.29, 1.82) is 5.26 Å². The van der Waals surface area contributed by atoms with Gasteiger partial charge in [0.2, 0.25) is 0 Å². The van der Waals surface area contributed by atoms with Gasteiger partial charge in [-0.1, -0.05) is 22.0 Å². The summed E-state index contributed by atoms with van der Waals surface area (Å²) in [4.78, 5) is 12.4. The number of benzene rings is 1. The summed E-state index contributed by atoms with van der Waals surface area (Å²) in [6, 6.07) is 10.7. The van der Waals surface area contributed by atoms with E-state index in [1.54, 1.807) is 34.9 Å². The molecule has 0 saturated heterocycles. The zero-order valence-corrected chi connectivity index (χ0v) is 14.4. The summed E-state index contributed by atoms with van der Waals surface area (Å²) in [5, 5.41) is 9.81. The summed E-state index contributed by atoms with van der Waals surface area (Å²) < 4.78 is 7.57. The first-order valence-corrected chi connectivity index (χ1v) is 8.30. The van der Waals surface area contributed by atoms with Gasteiger partial charge in [-0.05, 0) is 43.7 Å². The van der Waals surface area contributed by atoms with E-state index in [-0.39, 0.29) is 5.56 Å². The van der Waals surface area contributed by atoms with Crippen molar-refractivity contribution in [1.82, 2.24) is 4.57 Å². The van der Waals surface area contributed by atoms with Crippen LogP contribution in [-0.2, 0) is 5.33 Å². The fourth-order valence-electron chi connectivity index (χ4n) is 2.61. The minimum Gasteiger partial charge on any atom is -0.483 e. The molecule has 0 aliphatic carbocycles. The van der Waals surface area contributed by atoms with Crippen LogP contribution in [0.15, 0.2) is 47.4 Å². The number of halogens is 1. The van der Waals surface area contributed by atoms with E-state index in [1.807, 2.05) is 26.1 Å². The van der Waals surface area contributed by atoms with E-state index in [0.29, 0.717) is 16.6 Å². The molecule has 2 aromatic rings. The highest BCUT2D eigenvalue weighted by atomic mass is 79.9. The number of nitriles is 1. The zero-order valence-electron chi connectivity index (χ0n) is 12.8. The fraction of sp³-hybridized carbons (Fsp3) is 0.222. The molecule has 1 aromatic heterocycles. The van der Waals surface area contributed by atoms with E-state index in [1.165, 1.54) is 0 Å². The molecule has 0 saturated carbocycles. The molecular weight excluding hydrogens is 356 g/mol. The van der Waals surface area contributed by atoms with E-state index in [4.69, 9.17) is 10.00 Å². The molecule has 1 aromatic carbocycles. The predicted octanol–water partition coefficient (Wildman–Crippen LogP) is 3.68. The molecule has 0 amide bonds. The van der Waals surface area contributed by atoms with Crippen LogP contribution in [0.2, 0.25) is 0 Å². The minimum atomic E-state index is -0.541. The Bertz CT molecular complexity index is 904. The highest BCUT2D eigenvalue weighted by Crippen LogP contribution is 2.36. The van der Waals surface area contributed by atoms with Gasteiger partial charge in [0, 0.05) is 23.2 Å². The monoisotopic (exact) mass is 370 g/mol. The Kier molecular flexibility index (Phi) is 3.87. The third-order valence-electron chi connectivity index (χ3n) is 3.63. The Morgan fingerprint density at radius 2 is 2.09 bits per heavy atom. The van der Waals surface area contributed by atoms with Crippen LogP contribution < -0.4 is 10.3 Å². The Morgan fingerprint density at radius 3 is 2.78 bits per heavy atom. The average molecular weight is 371 g/mol. The summed E-state index contributed by atoms with van der Waals surface area (Å²) in [6.07, 6.45) is 3.73. The Labute approximate surface area is 142 Å². The molecule has 0 fully saturated rings. The van der Waals surface area contributed by atoms with Crippen LogP contribution in [0.1, 0.15) is 30.5 Å². The molecule has 116 valence electrons. The van der Waals surface area contributed by atoms with E-state index in [0.717, 1.165) is 16.8 Å². The molecule has 4 nitrogen and oxygen atoms in total. The molecule has 5 heteroatoms. The van der Waals surface area contributed by atoms with Gasteiger partial charge in [-0.2, -0.15) is 5.26 Å². The molecule has 0 atom stereocenters. The largest absolute Gasteiger partial charge is 0.483 e. The average Bonchev–Trinajstić information content (AvgIpc) is 2.53. The molecule has 0 bridgehead atoms. The summed E-state index contributed by atoms with van der Waals surface area (Å²) in [6.45, 7) is 3.88. The summed E-state index contributed by atoms with van der Waals surface area (Å²) in [5.74, 6) is 0.669. The van der Waals surface area contributed by atoms with Gasteiger partial charge in [0.1, 0.15) is 11.4 Å². The smallest absolute Gasteiger partial charge is 0.255 e. The lowest BCUT2D eigenvalue weighted by Crippen LogP contribution is -2.32. The first-order chi connectivity index (χ1) is 10.9. The number of nitrogens with zero attached hydrogens (tertiary/aromatic N) is 2. The number of alkyl halides is 1. The van der Waals surface area contributed by atoms with Gasteiger partial charge in [-0.15, -0.1) is 0 Å². The standard InChI is InChI=1S/C18H15BrN2O2/c1-18(2)8-15(21-11-13(9-19)4-6-17(21)22)14-7-12(10-20)3-5-16(14)23-18/h3-8,11H,9H2,1-2H3. The van der Waals surface area contributed by atoms with Crippen LogP contribution >= 0.6 is 15.9 Å². The lowest BCUT2D eigenvalue weighted by atomic mass is 9.97. The number of hydrogen-bond acceptors (Lipinski definition) is 3. The number of rotatable bonds is 2. The van der Waals surface area contributed by atoms with Gasteiger partial charge < -0.3 is 4.74 Å². The Morgan fingerprint density at radius 1 is 1.30 bits per heavy atom. The van der Waals surface area contributed by atoms with Crippen molar-refractivity contribution >= 4 is 21.6 Å². The molecule has 1 aliphatic heterocycles. The van der Waals surface area contributed by atoms with Crippen molar-refractivity contribution in [2.75, 3.05) is 0 Å². The van der Waals surface area contributed by atoms with Crippen LogP contribution in [-0.4, -0.2) is 10.2 Å². The van der Waals surface area contributed by atoms with Crippen molar-refractivity contribution in [3.05, 3.63) is 69.6 Å². The third kappa shape index (κ3) is 2.95. The van der Waals surface area contributed by atoms with Gasteiger partial charge >= 0.3 is 0 Å². The molecule has 0 N–H and O–H groups in total. The molecule has 0 radical (unpaired) electrons. The second-order valence-corrected chi connectivity index (χ2v) is 6.50. The van der Waals surface area contributed by atoms with Crippen molar-refractivity contribution in [3.8, 4) is 11.8 Å². The number of aromatic nitrogens is 1. The van der Waals surface area contributed by atoms with Gasteiger partial charge in [0.15, 0.2) is 0 Å². The molecular formula is C18H15BrN2O2. The second kappa shape index (κ2) is 5.71. The van der Waals surface area contributed by atoms with Gasteiger partial charge in [-0.3, -0.25) is 9.36 Å². The molecule has 3 rings (SSSR count). The maximum absolute atomic E-state index is 12.4. The highest BCUT2D eigenvalue weighted by molar-refractivity contribution is 9.08. The van der Waals surface area contributed by atoms with Crippen LogP contribution in [0, 0.1) is 11.3 Å². The Hall–Kier alpha value is -2.32. The molecule has 23 heavy (non-hydrogen) atoms. The van der Waals surface area contributed by atoms with E-state index >= 15 is 0 Å². The number of ether oxygens (including phenoxy) is 1. The van der Waals surface area contributed by atoms with Gasteiger partial charge in [0.25, 0.3) is 5.56 Å². The predicted molar refractivity (Wildman–Crippen MR) is 92.6 cm³/mol. The number of hydrogen-bond donors (Lipinski definition) is 0. The molecule has 0 spiro atoms. The van der Waals surface area contributed by atoms with E-state index in [2.05, 4.69) is 22.0 Å². The number of fused-ring (bicyclic) bond motifs is 1. The zero-order chi connectivity index (χ0) is 16.6. The maximum atomic E-state index is 12.4. The van der Waals surface area contributed by atoms with Gasteiger partial charge in [0.05, 0.1) is 17.3 Å².